The minimum atomic E-state index is -0.316. The molecular formula is C20H21NO3. The van der Waals surface area contributed by atoms with Crippen molar-refractivity contribution in [2.75, 3.05) is 20.3 Å². The van der Waals surface area contributed by atoms with E-state index in [4.69, 9.17) is 9.47 Å². The topological polar surface area (TPSA) is 38.8 Å². The molecule has 1 amide bonds. The van der Waals surface area contributed by atoms with Crippen LogP contribution in [0, 0.1) is 0 Å². The van der Waals surface area contributed by atoms with Gasteiger partial charge in [0.25, 0.3) is 0 Å². The number of hydrogen-bond donors (Lipinski definition) is 0. The van der Waals surface area contributed by atoms with Gasteiger partial charge in [0.15, 0.2) is 11.5 Å². The third kappa shape index (κ3) is 2.62. The van der Waals surface area contributed by atoms with E-state index in [-0.39, 0.29) is 11.3 Å². The van der Waals surface area contributed by atoms with Crippen molar-refractivity contribution in [2.24, 2.45) is 0 Å². The monoisotopic (exact) mass is 323 g/mol. The van der Waals surface area contributed by atoms with E-state index in [0.717, 1.165) is 35.5 Å². The lowest BCUT2D eigenvalue weighted by molar-refractivity contribution is -0.133. The lowest BCUT2D eigenvalue weighted by Gasteiger charge is -2.25. The highest BCUT2D eigenvalue weighted by Crippen LogP contribution is 2.49. The number of rotatable bonds is 4. The number of ether oxygens (including phenoxy) is 2. The van der Waals surface area contributed by atoms with Gasteiger partial charge in [0.1, 0.15) is 13.2 Å². The van der Waals surface area contributed by atoms with Crippen molar-refractivity contribution in [1.82, 2.24) is 4.90 Å². The molecule has 0 spiro atoms. The SMILES string of the molecule is CN(Cc1ccc2c(c1)OCCO2)C(=O)C1(c2ccccc2)CC1. The van der Waals surface area contributed by atoms with Crippen LogP contribution in [0.25, 0.3) is 0 Å². The summed E-state index contributed by atoms with van der Waals surface area (Å²) in [7, 11) is 1.88. The highest BCUT2D eigenvalue weighted by molar-refractivity contribution is 5.91. The molecule has 1 aliphatic carbocycles. The minimum Gasteiger partial charge on any atom is -0.486 e. The van der Waals surface area contributed by atoms with Crippen molar-refractivity contribution in [3.05, 3.63) is 59.7 Å². The first-order valence-corrected chi connectivity index (χ1v) is 8.39. The molecule has 2 aromatic rings. The first-order chi connectivity index (χ1) is 11.7. The molecule has 4 heteroatoms. The summed E-state index contributed by atoms with van der Waals surface area (Å²) >= 11 is 0. The van der Waals surface area contributed by atoms with Crippen molar-refractivity contribution in [3.63, 3.8) is 0 Å². The molecule has 0 aromatic heterocycles. The Hall–Kier alpha value is -2.49. The Morgan fingerprint density at radius 3 is 2.46 bits per heavy atom. The van der Waals surface area contributed by atoms with Gasteiger partial charge in [-0.15, -0.1) is 0 Å². The molecule has 0 N–H and O–H groups in total. The summed E-state index contributed by atoms with van der Waals surface area (Å²) in [5.74, 6) is 1.74. The van der Waals surface area contributed by atoms with Gasteiger partial charge in [0.05, 0.1) is 5.41 Å². The van der Waals surface area contributed by atoms with Crippen LogP contribution >= 0.6 is 0 Å². The van der Waals surface area contributed by atoms with E-state index in [1.807, 2.05) is 48.3 Å². The zero-order valence-corrected chi connectivity index (χ0v) is 13.8. The third-order valence-electron chi connectivity index (χ3n) is 4.86. The van der Waals surface area contributed by atoms with E-state index < -0.39 is 0 Å². The molecule has 0 bridgehead atoms. The summed E-state index contributed by atoms with van der Waals surface area (Å²) in [6.45, 7) is 1.73. The van der Waals surface area contributed by atoms with Crippen molar-refractivity contribution in [3.8, 4) is 11.5 Å². The van der Waals surface area contributed by atoms with Crippen LogP contribution in [0.2, 0.25) is 0 Å². The molecule has 4 rings (SSSR count). The lowest BCUT2D eigenvalue weighted by atomic mass is 9.94. The average Bonchev–Trinajstić information content (AvgIpc) is 3.43. The van der Waals surface area contributed by atoms with Crippen molar-refractivity contribution in [2.45, 2.75) is 24.8 Å². The smallest absolute Gasteiger partial charge is 0.233 e. The van der Waals surface area contributed by atoms with Crippen LogP contribution in [0.4, 0.5) is 0 Å². The van der Waals surface area contributed by atoms with Crippen molar-refractivity contribution in [1.29, 1.82) is 0 Å². The Balaban J connectivity index is 1.50. The first kappa shape index (κ1) is 15.1. The van der Waals surface area contributed by atoms with E-state index in [1.54, 1.807) is 0 Å². The van der Waals surface area contributed by atoms with Gasteiger partial charge in [0, 0.05) is 13.6 Å². The summed E-state index contributed by atoms with van der Waals surface area (Å²) in [6.07, 6.45) is 1.86. The summed E-state index contributed by atoms with van der Waals surface area (Å²) in [6, 6.07) is 16.0. The van der Waals surface area contributed by atoms with E-state index in [1.165, 1.54) is 0 Å². The normalized spacial score (nSPS) is 17.2. The van der Waals surface area contributed by atoms with Crippen LogP contribution in [0.15, 0.2) is 48.5 Å². The van der Waals surface area contributed by atoms with Gasteiger partial charge in [-0.2, -0.15) is 0 Å². The Labute approximate surface area is 142 Å². The molecule has 0 unspecified atom stereocenters. The van der Waals surface area contributed by atoms with Crippen LogP contribution in [0.3, 0.4) is 0 Å². The van der Waals surface area contributed by atoms with Crippen LogP contribution < -0.4 is 9.47 Å². The van der Waals surface area contributed by atoms with E-state index in [9.17, 15) is 4.79 Å². The van der Waals surface area contributed by atoms with E-state index in [2.05, 4.69) is 12.1 Å². The Morgan fingerprint density at radius 1 is 1.04 bits per heavy atom. The first-order valence-electron chi connectivity index (χ1n) is 8.39. The quantitative estimate of drug-likeness (QED) is 0.867. The molecule has 0 atom stereocenters. The maximum absolute atomic E-state index is 13.0. The summed E-state index contributed by atoms with van der Waals surface area (Å²) < 4.78 is 11.2. The minimum absolute atomic E-state index is 0.198. The zero-order valence-electron chi connectivity index (χ0n) is 13.8. The second kappa shape index (κ2) is 5.86. The van der Waals surface area contributed by atoms with Gasteiger partial charge in [-0.1, -0.05) is 36.4 Å². The molecule has 1 heterocycles. The maximum atomic E-state index is 13.0. The Kier molecular flexibility index (Phi) is 3.68. The number of amides is 1. The molecule has 1 aliphatic heterocycles. The number of hydrogen-bond acceptors (Lipinski definition) is 3. The van der Waals surface area contributed by atoms with Crippen molar-refractivity contribution < 1.29 is 14.3 Å². The molecule has 124 valence electrons. The maximum Gasteiger partial charge on any atom is 0.233 e. The van der Waals surface area contributed by atoms with Gasteiger partial charge in [-0.3, -0.25) is 4.79 Å². The van der Waals surface area contributed by atoms with Gasteiger partial charge in [-0.05, 0) is 36.1 Å². The second-order valence-corrected chi connectivity index (χ2v) is 6.59. The highest BCUT2D eigenvalue weighted by Gasteiger charge is 2.52. The molecule has 2 aromatic carbocycles. The summed E-state index contributed by atoms with van der Waals surface area (Å²) in [5.41, 5.74) is 1.87. The molecule has 0 saturated heterocycles. The largest absolute Gasteiger partial charge is 0.486 e. The van der Waals surface area contributed by atoms with Crippen LogP contribution in [-0.4, -0.2) is 31.1 Å². The fraction of sp³-hybridized carbons (Fsp3) is 0.350. The summed E-state index contributed by atoms with van der Waals surface area (Å²) in [5, 5.41) is 0. The van der Waals surface area contributed by atoms with Gasteiger partial charge >= 0.3 is 0 Å². The summed E-state index contributed by atoms with van der Waals surface area (Å²) in [4.78, 5) is 14.8. The number of likely N-dealkylation sites (N-methyl/N-ethyl adjacent to an activating group) is 1. The number of nitrogens with zero attached hydrogens (tertiary/aromatic N) is 1. The zero-order chi connectivity index (χ0) is 16.6. The van der Waals surface area contributed by atoms with Gasteiger partial charge in [-0.25, -0.2) is 0 Å². The number of fused-ring (bicyclic) bond motifs is 1. The highest BCUT2D eigenvalue weighted by atomic mass is 16.6. The van der Waals surface area contributed by atoms with Crippen molar-refractivity contribution >= 4 is 5.91 Å². The molecule has 4 nitrogen and oxygen atoms in total. The average molecular weight is 323 g/mol. The Morgan fingerprint density at radius 2 is 1.75 bits per heavy atom. The van der Waals surface area contributed by atoms with Crippen LogP contribution in [0.5, 0.6) is 11.5 Å². The molecule has 2 aliphatic rings. The predicted molar refractivity (Wildman–Crippen MR) is 91.3 cm³/mol. The fourth-order valence-electron chi connectivity index (χ4n) is 3.41. The number of carbonyl (C=O) groups excluding carboxylic acids is 1. The van der Waals surface area contributed by atoms with E-state index >= 15 is 0 Å². The predicted octanol–water partition coefficient (Wildman–Crippen LogP) is 3.15. The van der Waals surface area contributed by atoms with Crippen LogP contribution in [0.1, 0.15) is 24.0 Å². The molecule has 24 heavy (non-hydrogen) atoms. The van der Waals surface area contributed by atoms with Crippen LogP contribution in [-0.2, 0) is 16.8 Å². The molecular weight excluding hydrogens is 302 g/mol. The second-order valence-electron chi connectivity index (χ2n) is 6.59. The fourth-order valence-corrected chi connectivity index (χ4v) is 3.41. The molecule has 1 fully saturated rings. The van der Waals surface area contributed by atoms with Gasteiger partial charge in [0.2, 0.25) is 5.91 Å². The molecule has 0 radical (unpaired) electrons. The van der Waals surface area contributed by atoms with E-state index in [0.29, 0.717) is 19.8 Å². The lowest BCUT2D eigenvalue weighted by Crippen LogP contribution is -2.36. The molecule has 1 saturated carbocycles. The third-order valence-corrected chi connectivity index (χ3v) is 4.86. The van der Waals surface area contributed by atoms with Gasteiger partial charge < -0.3 is 14.4 Å². The number of carbonyl (C=O) groups is 1. The number of benzene rings is 2. The Bertz CT molecular complexity index is 753. The standard InChI is InChI=1S/C20H21NO3/c1-21(14-15-7-8-17-18(13-15)24-12-11-23-17)19(22)20(9-10-20)16-5-3-2-4-6-16/h2-8,13H,9-12,14H2,1H3.